The van der Waals surface area contributed by atoms with Crippen LogP contribution in [0.4, 0.5) is 0 Å². The molecule has 31 heavy (non-hydrogen) atoms. The summed E-state index contributed by atoms with van der Waals surface area (Å²) in [7, 11) is 3.69. The molecule has 0 bridgehead atoms. The maximum atomic E-state index is 12.1. The molecule has 3 saturated carbocycles. The molecule has 2 amide bonds. The molecule has 0 spiro atoms. The van der Waals surface area contributed by atoms with Crippen LogP contribution in [0.25, 0.3) is 0 Å². The lowest BCUT2D eigenvalue weighted by molar-refractivity contribution is -0.224. The summed E-state index contributed by atoms with van der Waals surface area (Å²) in [6.45, 7) is 7.37. The molecule has 8 atom stereocenters. The number of hydrogen-bond acceptors (Lipinski definition) is 3. The van der Waals surface area contributed by atoms with Crippen molar-refractivity contribution in [2.24, 2.45) is 40.4 Å². The van der Waals surface area contributed by atoms with E-state index in [-0.39, 0.29) is 23.3 Å². The van der Waals surface area contributed by atoms with Gasteiger partial charge < -0.3 is 4.90 Å². The van der Waals surface area contributed by atoms with Crippen LogP contribution in [-0.2, 0) is 9.59 Å². The Morgan fingerprint density at radius 2 is 1.81 bits per heavy atom. The summed E-state index contributed by atoms with van der Waals surface area (Å²) >= 11 is 0. The van der Waals surface area contributed by atoms with Crippen molar-refractivity contribution in [2.45, 2.75) is 97.4 Å². The summed E-state index contributed by atoms with van der Waals surface area (Å²) < 4.78 is 0. The van der Waals surface area contributed by atoms with Gasteiger partial charge >= 0.3 is 0 Å². The first kappa shape index (κ1) is 23.1. The third kappa shape index (κ3) is 3.73. The van der Waals surface area contributed by atoms with Gasteiger partial charge in [0.1, 0.15) is 0 Å². The first-order chi connectivity index (χ1) is 14.6. The highest BCUT2D eigenvalue weighted by atomic mass is 16.5. The van der Waals surface area contributed by atoms with E-state index in [1.54, 1.807) is 4.90 Å². The van der Waals surface area contributed by atoms with Crippen LogP contribution in [0.15, 0.2) is 0 Å². The minimum atomic E-state index is -0.0796. The Bertz CT molecular complexity index is 709. The predicted molar refractivity (Wildman–Crippen MR) is 121 cm³/mol. The Labute approximate surface area is 188 Å². The van der Waals surface area contributed by atoms with E-state index in [2.05, 4.69) is 20.8 Å². The summed E-state index contributed by atoms with van der Waals surface area (Å²) in [4.78, 5) is 25.8. The number of amides is 2. The smallest absolute Gasteiger partial charge is 0.246 e. The number of hydrogen-bond donors (Lipinski definition) is 1. The van der Waals surface area contributed by atoms with Gasteiger partial charge in [-0.3, -0.25) is 14.8 Å². The van der Waals surface area contributed by atoms with Crippen LogP contribution in [0, 0.1) is 40.4 Å². The molecular weight excluding hydrogens is 388 g/mol. The Hall–Kier alpha value is -1.10. The lowest BCUT2D eigenvalue weighted by Crippen LogP contribution is -2.61. The fourth-order valence-electron chi connectivity index (χ4n) is 8.83. The predicted octanol–water partition coefficient (Wildman–Crippen LogP) is 5.12. The highest BCUT2D eigenvalue weighted by molar-refractivity contribution is 5.76. The van der Waals surface area contributed by atoms with Crippen molar-refractivity contribution in [3.8, 4) is 0 Å². The average molecular weight is 433 g/mol. The van der Waals surface area contributed by atoms with Crippen molar-refractivity contribution < 1.29 is 14.8 Å². The molecule has 0 aromatic rings. The molecule has 176 valence electrons. The summed E-state index contributed by atoms with van der Waals surface area (Å²) in [5.74, 6) is 3.77. The Morgan fingerprint density at radius 3 is 2.52 bits per heavy atom. The van der Waals surface area contributed by atoms with Crippen molar-refractivity contribution in [1.29, 1.82) is 0 Å². The number of hydroxylamine groups is 2. The van der Waals surface area contributed by atoms with E-state index in [1.807, 2.05) is 14.1 Å². The monoisotopic (exact) mass is 432 g/mol. The zero-order chi connectivity index (χ0) is 22.6. The minimum Gasteiger partial charge on any atom is -0.349 e. The number of piperidine rings is 1. The van der Waals surface area contributed by atoms with Crippen LogP contribution in [-0.4, -0.2) is 47.1 Å². The second kappa shape index (κ2) is 8.35. The van der Waals surface area contributed by atoms with Gasteiger partial charge in [0.25, 0.3) is 0 Å². The van der Waals surface area contributed by atoms with E-state index in [4.69, 9.17) is 0 Å². The van der Waals surface area contributed by atoms with E-state index < -0.39 is 0 Å². The molecule has 1 saturated heterocycles. The first-order valence-electron chi connectivity index (χ1n) is 12.8. The Balaban J connectivity index is 1.44. The van der Waals surface area contributed by atoms with Crippen LogP contribution >= 0.6 is 0 Å². The third-order valence-corrected chi connectivity index (χ3v) is 10.6. The minimum absolute atomic E-state index is 0.0183. The van der Waals surface area contributed by atoms with Crippen molar-refractivity contribution in [3.63, 3.8) is 0 Å². The van der Waals surface area contributed by atoms with Crippen molar-refractivity contribution >= 4 is 11.8 Å². The zero-order valence-corrected chi connectivity index (χ0v) is 20.4. The molecule has 1 N–H and O–H groups in total. The van der Waals surface area contributed by atoms with Crippen LogP contribution in [0.1, 0.15) is 91.4 Å². The van der Waals surface area contributed by atoms with E-state index in [0.717, 1.165) is 54.9 Å². The van der Waals surface area contributed by atoms with Crippen molar-refractivity contribution in [2.75, 3.05) is 14.1 Å². The quantitative estimate of drug-likeness (QED) is 0.613. The van der Waals surface area contributed by atoms with Gasteiger partial charge in [0.05, 0.1) is 6.04 Å². The van der Waals surface area contributed by atoms with Gasteiger partial charge in [-0.2, -0.15) is 0 Å². The van der Waals surface area contributed by atoms with Crippen LogP contribution in [0.3, 0.4) is 0 Å². The molecule has 5 heteroatoms. The van der Waals surface area contributed by atoms with Crippen LogP contribution < -0.4 is 0 Å². The molecule has 1 heterocycles. The van der Waals surface area contributed by atoms with Gasteiger partial charge in [0.2, 0.25) is 11.8 Å². The Morgan fingerprint density at radius 1 is 1.10 bits per heavy atom. The Kier molecular flexibility index (Phi) is 6.22. The van der Waals surface area contributed by atoms with Gasteiger partial charge in [-0.15, -0.1) is 0 Å². The van der Waals surface area contributed by atoms with Gasteiger partial charge in [0, 0.05) is 26.9 Å². The van der Waals surface area contributed by atoms with Crippen molar-refractivity contribution in [3.05, 3.63) is 0 Å². The maximum absolute atomic E-state index is 12.1. The maximum Gasteiger partial charge on any atom is 0.246 e. The second-order valence-electron chi connectivity index (χ2n) is 12.1. The van der Waals surface area contributed by atoms with E-state index >= 15 is 0 Å². The van der Waals surface area contributed by atoms with E-state index in [1.165, 1.54) is 25.7 Å². The molecule has 0 unspecified atom stereocenters. The fourth-order valence-corrected chi connectivity index (χ4v) is 8.83. The number of carbonyl (C=O) groups excluding carboxylic acids is 2. The molecule has 1 aliphatic heterocycles. The van der Waals surface area contributed by atoms with E-state index in [9.17, 15) is 14.8 Å². The molecule has 3 aliphatic carbocycles. The molecule has 0 aromatic carbocycles. The standard InChI is InChI=1S/C26H44N2O3/c1-17(7-6-8-23(29)27(4)5)19-10-11-20-18-9-12-22-26(3,16-14-24(30)28(22)31)21(18)13-15-25(19,20)2/h17-22,31H,6-16H2,1-5H3/t17-,18+,19-,20+,21+,22-,25-,26-/m1/s1. The van der Waals surface area contributed by atoms with Gasteiger partial charge in [0.15, 0.2) is 0 Å². The molecule has 5 nitrogen and oxygen atoms in total. The molecule has 4 rings (SSSR count). The van der Waals surface area contributed by atoms with Gasteiger partial charge in [-0.1, -0.05) is 20.8 Å². The number of rotatable bonds is 5. The summed E-state index contributed by atoms with van der Waals surface area (Å²) in [5.41, 5.74) is 0.488. The summed E-state index contributed by atoms with van der Waals surface area (Å²) in [6.07, 6.45) is 11.6. The molecule has 0 radical (unpaired) electrons. The van der Waals surface area contributed by atoms with Gasteiger partial charge in [-0.05, 0) is 98.2 Å². The summed E-state index contributed by atoms with van der Waals surface area (Å²) in [6, 6.07) is 0.0183. The third-order valence-electron chi connectivity index (χ3n) is 10.6. The lowest BCUT2D eigenvalue weighted by atomic mass is 9.46. The lowest BCUT2D eigenvalue weighted by Gasteiger charge is -2.61. The van der Waals surface area contributed by atoms with E-state index in [0.29, 0.717) is 30.1 Å². The topological polar surface area (TPSA) is 60.9 Å². The molecule has 4 fully saturated rings. The SMILES string of the molecule is C[C@H](CCCC(=O)N(C)C)[C@H]1CC[C@H]2[C@@H]3CC[C@H]4N(O)C(=O)CC[C@]4(C)[C@H]3CC[C@]12C. The fraction of sp³-hybridized carbons (Fsp3) is 0.923. The average Bonchev–Trinajstić information content (AvgIpc) is 3.08. The van der Waals surface area contributed by atoms with Crippen molar-refractivity contribution in [1.82, 2.24) is 9.96 Å². The highest BCUT2D eigenvalue weighted by Crippen LogP contribution is 2.67. The molecular formula is C26H44N2O3. The second-order valence-corrected chi connectivity index (χ2v) is 12.1. The number of carbonyl (C=O) groups is 2. The normalized spacial score (nSPS) is 43.1. The van der Waals surface area contributed by atoms with Gasteiger partial charge in [-0.25, -0.2) is 5.06 Å². The first-order valence-corrected chi connectivity index (χ1v) is 12.8. The van der Waals surface area contributed by atoms with Crippen LogP contribution in [0.2, 0.25) is 0 Å². The molecule has 0 aromatic heterocycles. The molecule has 4 aliphatic rings. The number of nitrogens with zero attached hydrogens (tertiary/aromatic N) is 2. The highest BCUT2D eigenvalue weighted by Gasteiger charge is 2.61. The zero-order valence-electron chi connectivity index (χ0n) is 20.4. The largest absolute Gasteiger partial charge is 0.349 e. The summed E-state index contributed by atoms with van der Waals surface area (Å²) in [5, 5.41) is 11.6. The number of fused-ring (bicyclic) bond motifs is 5. The van der Waals surface area contributed by atoms with Crippen LogP contribution in [0.5, 0.6) is 0 Å².